The zero-order valence-corrected chi connectivity index (χ0v) is 9.92. The van der Waals surface area contributed by atoms with Crippen LogP contribution >= 0.6 is 0 Å². The van der Waals surface area contributed by atoms with Crippen molar-refractivity contribution in [2.24, 2.45) is 0 Å². The summed E-state index contributed by atoms with van der Waals surface area (Å²) in [5, 5.41) is 3.14. The molecule has 0 saturated heterocycles. The highest BCUT2D eigenvalue weighted by Gasteiger charge is 1.99. The van der Waals surface area contributed by atoms with Crippen molar-refractivity contribution in [3.05, 3.63) is 30.0 Å². The lowest BCUT2D eigenvalue weighted by Gasteiger charge is -2.09. The quantitative estimate of drug-likeness (QED) is 0.569. The fourth-order valence-electron chi connectivity index (χ4n) is 1.20. The molecule has 0 unspecified atom stereocenters. The van der Waals surface area contributed by atoms with Gasteiger partial charge in [-0.15, -0.1) is 0 Å². The minimum Gasteiger partial charge on any atom is -0.396 e. The van der Waals surface area contributed by atoms with Gasteiger partial charge >= 0.3 is 0 Å². The second-order valence-electron chi connectivity index (χ2n) is 3.83. The third-order valence-electron chi connectivity index (χ3n) is 1.95. The van der Waals surface area contributed by atoms with Gasteiger partial charge < -0.3 is 15.8 Å². The van der Waals surface area contributed by atoms with Gasteiger partial charge in [0, 0.05) is 12.2 Å². The van der Waals surface area contributed by atoms with E-state index in [-0.39, 0.29) is 0 Å². The summed E-state index contributed by atoms with van der Waals surface area (Å²) in [4.78, 5) is 4.30. The van der Waals surface area contributed by atoms with Crippen molar-refractivity contribution in [3.8, 4) is 0 Å². The third-order valence-corrected chi connectivity index (χ3v) is 1.95. The molecule has 0 spiro atoms. The molecule has 4 nitrogen and oxygen atoms in total. The average Bonchev–Trinajstić information content (AvgIpc) is 2.22. The van der Waals surface area contributed by atoms with Gasteiger partial charge in [0.1, 0.15) is 5.82 Å². The molecular formula is C12H19N3O. The Morgan fingerprint density at radius 2 is 2.31 bits per heavy atom. The smallest absolute Gasteiger partial charge is 0.149 e. The topological polar surface area (TPSA) is 60.2 Å². The van der Waals surface area contributed by atoms with Crippen LogP contribution in [0.4, 0.5) is 11.5 Å². The first-order valence-corrected chi connectivity index (χ1v) is 5.28. The number of pyridine rings is 1. The number of aromatic nitrogens is 1. The molecule has 0 radical (unpaired) electrons. The lowest BCUT2D eigenvalue weighted by atomic mass is 10.3. The van der Waals surface area contributed by atoms with Crippen molar-refractivity contribution in [2.45, 2.75) is 13.8 Å². The standard InChI is InChI=1S/C12H19N3O/c1-9(2)8-16-7-6-14-12-11(13)5-4-10(3)15-12/h4-5H,1,6-8,13H2,2-3H3,(H,14,15). The van der Waals surface area contributed by atoms with Crippen molar-refractivity contribution in [1.29, 1.82) is 0 Å². The van der Waals surface area contributed by atoms with Crippen molar-refractivity contribution < 1.29 is 4.74 Å². The Hall–Kier alpha value is -1.55. The van der Waals surface area contributed by atoms with Crippen LogP contribution in [-0.2, 0) is 4.74 Å². The molecule has 1 aromatic heterocycles. The molecule has 0 aromatic carbocycles. The van der Waals surface area contributed by atoms with E-state index in [2.05, 4.69) is 16.9 Å². The minimum absolute atomic E-state index is 0.596. The highest BCUT2D eigenvalue weighted by atomic mass is 16.5. The van der Waals surface area contributed by atoms with Gasteiger partial charge in [0.2, 0.25) is 0 Å². The van der Waals surface area contributed by atoms with Crippen LogP contribution in [0, 0.1) is 6.92 Å². The number of rotatable bonds is 6. The first kappa shape index (κ1) is 12.5. The van der Waals surface area contributed by atoms with E-state index >= 15 is 0 Å². The van der Waals surface area contributed by atoms with E-state index in [0.717, 1.165) is 17.1 Å². The second-order valence-corrected chi connectivity index (χ2v) is 3.83. The molecule has 1 heterocycles. The largest absolute Gasteiger partial charge is 0.396 e. The molecule has 1 rings (SSSR count). The summed E-state index contributed by atoms with van der Waals surface area (Å²) in [5.74, 6) is 0.721. The first-order chi connectivity index (χ1) is 7.59. The van der Waals surface area contributed by atoms with Gasteiger partial charge in [-0.1, -0.05) is 12.2 Å². The van der Waals surface area contributed by atoms with E-state index in [9.17, 15) is 0 Å². The van der Waals surface area contributed by atoms with Crippen LogP contribution < -0.4 is 11.1 Å². The van der Waals surface area contributed by atoms with Crippen LogP contribution in [0.3, 0.4) is 0 Å². The normalized spacial score (nSPS) is 10.1. The van der Waals surface area contributed by atoms with Crippen LogP contribution in [0.25, 0.3) is 0 Å². The molecule has 0 bridgehead atoms. The van der Waals surface area contributed by atoms with Crippen LogP contribution in [0.5, 0.6) is 0 Å². The van der Waals surface area contributed by atoms with E-state index in [1.54, 1.807) is 0 Å². The molecule has 4 heteroatoms. The molecule has 0 aliphatic heterocycles. The Balaban J connectivity index is 2.31. The highest BCUT2D eigenvalue weighted by Crippen LogP contribution is 2.14. The Bertz CT molecular complexity index is 363. The number of nitrogens with one attached hydrogen (secondary N) is 1. The molecule has 3 N–H and O–H groups in total. The summed E-state index contributed by atoms with van der Waals surface area (Å²) in [6.45, 7) is 9.53. The molecule has 88 valence electrons. The van der Waals surface area contributed by atoms with Crippen LogP contribution in [-0.4, -0.2) is 24.7 Å². The molecule has 0 aliphatic rings. The Morgan fingerprint density at radius 1 is 1.56 bits per heavy atom. The minimum atomic E-state index is 0.596. The van der Waals surface area contributed by atoms with Crippen molar-refractivity contribution in [2.75, 3.05) is 30.8 Å². The molecule has 0 saturated carbocycles. The van der Waals surface area contributed by atoms with Crippen molar-refractivity contribution in [3.63, 3.8) is 0 Å². The molecule has 0 fully saturated rings. The maximum atomic E-state index is 5.77. The monoisotopic (exact) mass is 221 g/mol. The average molecular weight is 221 g/mol. The van der Waals surface area contributed by atoms with Gasteiger partial charge in [-0.05, 0) is 26.0 Å². The van der Waals surface area contributed by atoms with E-state index in [1.165, 1.54) is 0 Å². The van der Waals surface area contributed by atoms with E-state index < -0.39 is 0 Å². The number of aryl methyl sites for hydroxylation is 1. The van der Waals surface area contributed by atoms with Gasteiger partial charge in [-0.2, -0.15) is 0 Å². The molecule has 0 atom stereocenters. The first-order valence-electron chi connectivity index (χ1n) is 5.28. The van der Waals surface area contributed by atoms with Crippen LogP contribution in [0.15, 0.2) is 24.3 Å². The summed E-state index contributed by atoms with van der Waals surface area (Å²) in [7, 11) is 0. The molecular weight excluding hydrogens is 202 g/mol. The van der Waals surface area contributed by atoms with Crippen molar-refractivity contribution >= 4 is 11.5 Å². The number of hydrogen-bond donors (Lipinski definition) is 2. The third kappa shape index (κ3) is 4.31. The number of ether oxygens (including phenoxy) is 1. The summed E-state index contributed by atoms with van der Waals surface area (Å²) in [6.07, 6.45) is 0. The van der Waals surface area contributed by atoms with Crippen LogP contribution in [0.1, 0.15) is 12.6 Å². The summed E-state index contributed by atoms with van der Waals surface area (Å²) < 4.78 is 5.36. The van der Waals surface area contributed by atoms with Crippen molar-refractivity contribution in [1.82, 2.24) is 4.98 Å². The summed E-state index contributed by atoms with van der Waals surface area (Å²) >= 11 is 0. The SMILES string of the molecule is C=C(C)COCCNc1nc(C)ccc1N. The van der Waals surface area contributed by atoms with E-state index in [1.807, 2.05) is 26.0 Å². The maximum absolute atomic E-state index is 5.77. The molecule has 1 aromatic rings. The Morgan fingerprint density at radius 3 is 3.00 bits per heavy atom. The number of nitrogen functional groups attached to an aromatic ring is 1. The number of anilines is 2. The van der Waals surface area contributed by atoms with E-state index in [0.29, 0.717) is 25.4 Å². The van der Waals surface area contributed by atoms with Gasteiger partial charge in [0.25, 0.3) is 0 Å². The second kappa shape index (κ2) is 6.12. The zero-order chi connectivity index (χ0) is 12.0. The molecule has 0 aliphatic carbocycles. The van der Waals surface area contributed by atoms with Crippen LogP contribution in [0.2, 0.25) is 0 Å². The Kier molecular flexibility index (Phi) is 4.79. The lowest BCUT2D eigenvalue weighted by molar-refractivity contribution is 0.167. The van der Waals surface area contributed by atoms with Gasteiger partial charge in [-0.25, -0.2) is 4.98 Å². The number of nitrogens with zero attached hydrogens (tertiary/aromatic N) is 1. The predicted molar refractivity (Wildman–Crippen MR) is 67.5 cm³/mol. The van der Waals surface area contributed by atoms with Gasteiger partial charge in [-0.3, -0.25) is 0 Å². The van der Waals surface area contributed by atoms with Gasteiger partial charge in [0.15, 0.2) is 0 Å². The van der Waals surface area contributed by atoms with E-state index in [4.69, 9.17) is 10.5 Å². The number of hydrogen-bond acceptors (Lipinski definition) is 4. The highest BCUT2D eigenvalue weighted by molar-refractivity contribution is 5.61. The molecule has 0 amide bonds. The maximum Gasteiger partial charge on any atom is 0.149 e. The number of nitrogens with two attached hydrogens (primary N) is 1. The molecule has 16 heavy (non-hydrogen) atoms. The Labute approximate surface area is 96.5 Å². The predicted octanol–water partition coefficient (Wildman–Crippen LogP) is 1.98. The zero-order valence-electron chi connectivity index (χ0n) is 9.92. The summed E-state index contributed by atoms with van der Waals surface area (Å²) in [6, 6.07) is 3.73. The lowest BCUT2D eigenvalue weighted by Crippen LogP contribution is -2.12. The fraction of sp³-hybridized carbons (Fsp3) is 0.417. The van der Waals surface area contributed by atoms with Gasteiger partial charge in [0.05, 0.1) is 18.9 Å². The fourth-order valence-corrected chi connectivity index (χ4v) is 1.20. The summed E-state index contributed by atoms with van der Waals surface area (Å²) in [5.41, 5.74) is 8.40.